The second-order valence-corrected chi connectivity index (χ2v) is 6.15. The van der Waals surface area contributed by atoms with E-state index in [9.17, 15) is 14.4 Å². The number of urea groups is 1. The number of rotatable bonds is 4. The number of hydrogen-bond donors (Lipinski definition) is 1. The summed E-state index contributed by atoms with van der Waals surface area (Å²) in [7, 11) is 1.47. The summed E-state index contributed by atoms with van der Waals surface area (Å²) in [6.07, 6.45) is 1.93. The maximum Gasteiger partial charge on any atom is 0.325 e. The summed E-state index contributed by atoms with van der Waals surface area (Å²) in [6.45, 7) is 5.04. The standard InChI is InChI=1S/C14H23N3O4/c1-10-4-6-16(7-5-10)11(18)8-17-12(19)14(2,9-21-3)15-13(17)20/h10H,4-9H2,1-3H3,(H,15,20)/t14-/m1/s1. The first-order valence-corrected chi connectivity index (χ1v) is 7.28. The van der Waals surface area contributed by atoms with Crippen molar-refractivity contribution in [1.82, 2.24) is 15.1 Å². The van der Waals surface area contributed by atoms with E-state index < -0.39 is 17.5 Å². The molecule has 2 aliphatic rings. The molecule has 1 N–H and O–H groups in total. The number of amides is 4. The predicted octanol–water partition coefficient (Wildman–Crippen LogP) is 0.202. The van der Waals surface area contributed by atoms with Crippen molar-refractivity contribution in [2.24, 2.45) is 5.92 Å². The molecule has 0 aromatic heterocycles. The second-order valence-electron chi connectivity index (χ2n) is 6.15. The smallest absolute Gasteiger partial charge is 0.325 e. The van der Waals surface area contributed by atoms with E-state index in [1.165, 1.54) is 7.11 Å². The van der Waals surface area contributed by atoms with Crippen molar-refractivity contribution >= 4 is 17.8 Å². The number of nitrogens with zero attached hydrogens (tertiary/aromatic N) is 2. The lowest BCUT2D eigenvalue weighted by molar-refractivity contribution is -0.140. The summed E-state index contributed by atoms with van der Waals surface area (Å²) < 4.78 is 4.97. The molecule has 2 aliphatic heterocycles. The van der Waals surface area contributed by atoms with Gasteiger partial charge in [0, 0.05) is 20.2 Å². The van der Waals surface area contributed by atoms with E-state index in [-0.39, 0.29) is 19.1 Å². The molecule has 2 saturated heterocycles. The lowest BCUT2D eigenvalue weighted by Crippen LogP contribution is -2.49. The molecule has 2 rings (SSSR count). The van der Waals surface area contributed by atoms with Crippen LogP contribution in [-0.4, -0.2) is 66.5 Å². The van der Waals surface area contributed by atoms with Crippen molar-refractivity contribution in [3.63, 3.8) is 0 Å². The SMILES string of the molecule is COC[C@@]1(C)NC(=O)N(CC(=O)N2CCC(C)CC2)C1=O. The number of hydrogen-bond acceptors (Lipinski definition) is 4. The van der Waals surface area contributed by atoms with Gasteiger partial charge < -0.3 is 15.0 Å². The predicted molar refractivity (Wildman–Crippen MR) is 75.5 cm³/mol. The van der Waals surface area contributed by atoms with Gasteiger partial charge in [0.2, 0.25) is 5.91 Å². The third-order valence-corrected chi connectivity index (χ3v) is 4.21. The van der Waals surface area contributed by atoms with Gasteiger partial charge in [-0.05, 0) is 25.7 Å². The average Bonchev–Trinajstić information content (AvgIpc) is 2.63. The van der Waals surface area contributed by atoms with Gasteiger partial charge in [-0.15, -0.1) is 0 Å². The number of piperidine rings is 1. The molecule has 21 heavy (non-hydrogen) atoms. The molecule has 0 saturated carbocycles. The molecule has 2 fully saturated rings. The molecule has 0 aliphatic carbocycles. The van der Waals surface area contributed by atoms with Crippen LogP contribution in [0.15, 0.2) is 0 Å². The average molecular weight is 297 g/mol. The first-order chi connectivity index (χ1) is 9.87. The van der Waals surface area contributed by atoms with Gasteiger partial charge in [-0.3, -0.25) is 14.5 Å². The molecule has 0 spiro atoms. The van der Waals surface area contributed by atoms with Gasteiger partial charge >= 0.3 is 6.03 Å². The molecule has 0 radical (unpaired) electrons. The topological polar surface area (TPSA) is 79.0 Å². The normalized spacial score (nSPS) is 27.2. The second kappa shape index (κ2) is 6.01. The third kappa shape index (κ3) is 3.18. The fourth-order valence-electron chi connectivity index (χ4n) is 2.77. The summed E-state index contributed by atoms with van der Waals surface area (Å²) in [5.74, 6) is 0.0379. The summed E-state index contributed by atoms with van der Waals surface area (Å²) in [5, 5.41) is 2.59. The number of carbonyl (C=O) groups excluding carboxylic acids is 3. The molecule has 7 heteroatoms. The summed E-state index contributed by atoms with van der Waals surface area (Å²) in [4.78, 5) is 39.2. The lowest BCUT2D eigenvalue weighted by Gasteiger charge is -2.31. The van der Waals surface area contributed by atoms with Crippen LogP contribution in [0.1, 0.15) is 26.7 Å². The van der Waals surface area contributed by atoms with Gasteiger partial charge in [-0.2, -0.15) is 0 Å². The van der Waals surface area contributed by atoms with Crippen molar-refractivity contribution < 1.29 is 19.1 Å². The molecule has 4 amide bonds. The number of ether oxygens (including phenoxy) is 1. The van der Waals surface area contributed by atoms with E-state index in [0.717, 1.165) is 17.7 Å². The number of methoxy groups -OCH3 is 1. The third-order valence-electron chi connectivity index (χ3n) is 4.21. The van der Waals surface area contributed by atoms with Crippen LogP contribution in [0.4, 0.5) is 4.79 Å². The van der Waals surface area contributed by atoms with Crippen LogP contribution in [0.3, 0.4) is 0 Å². The van der Waals surface area contributed by atoms with Crippen molar-refractivity contribution in [2.75, 3.05) is 33.4 Å². The number of likely N-dealkylation sites (tertiary alicyclic amines) is 1. The van der Waals surface area contributed by atoms with E-state index in [1.54, 1.807) is 11.8 Å². The molecular weight excluding hydrogens is 274 g/mol. The van der Waals surface area contributed by atoms with E-state index >= 15 is 0 Å². The Labute approximate surface area is 124 Å². The van der Waals surface area contributed by atoms with E-state index in [0.29, 0.717) is 19.0 Å². The van der Waals surface area contributed by atoms with Crippen LogP contribution in [0.25, 0.3) is 0 Å². The molecular formula is C14H23N3O4. The monoisotopic (exact) mass is 297 g/mol. The highest BCUT2D eigenvalue weighted by Gasteiger charge is 2.48. The lowest BCUT2D eigenvalue weighted by atomic mass is 9.99. The van der Waals surface area contributed by atoms with E-state index in [1.807, 2.05) is 0 Å². The highest BCUT2D eigenvalue weighted by atomic mass is 16.5. The van der Waals surface area contributed by atoms with E-state index in [4.69, 9.17) is 4.74 Å². The highest BCUT2D eigenvalue weighted by Crippen LogP contribution is 2.20. The van der Waals surface area contributed by atoms with Gasteiger partial charge in [0.15, 0.2) is 0 Å². The van der Waals surface area contributed by atoms with Gasteiger partial charge in [0.1, 0.15) is 12.1 Å². The van der Waals surface area contributed by atoms with E-state index in [2.05, 4.69) is 12.2 Å². The molecule has 0 aromatic rings. The Morgan fingerprint density at radius 1 is 1.38 bits per heavy atom. The molecule has 0 aromatic carbocycles. The first kappa shape index (κ1) is 15.8. The Balaban J connectivity index is 1.98. The van der Waals surface area contributed by atoms with Crippen LogP contribution < -0.4 is 5.32 Å². The van der Waals surface area contributed by atoms with Crippen LogP contribution in [0.5, 0.6) is 0 Å². The molecule has 118 valence electrons. The van der Waals surface area contributed by atoms with Crippen LogP contribution >= 0.6 is 0 Å². The fourth-order valence-corrected chi connectivity index (χ4v) is 2.77. The largest absolute Gasteiger partial charge is 0.382 e. The Kier molecular flexibility index (Phi) is 4.51. The van der Waals surface area contributed by atoms with Gasteiger partial charge in [0.05, 0.1) is 6.61 Å². The Morgan fingerprint density at radius 3 is 2.57 bits per heavy atom. The summed E-state index contributed by atoms with van der Waals surface area (Å²) >= 11 is 0. The Bertz CT molecular complexity index is 446. The van der Waals surface area contributed by atoms with Crippen LogP contribution in [0, 0.1) is 5.92 Å². The number of nitrogens with one attached hydrogen (secondary N) is 1. The maximum absolute atomic E-state index is 12.3. The van der Waals surface area contributed by atoms with Gasteiger partial charge in [-0.1, -0.05) is 6.92 Å². The van der Waals surface area contributed by atoms with Gasteiger partial charge in [0.25, 0.3) is 5.91 Å². The maximum atomic E-state index is 12.3. The van der Waals surface area contributed by atoms with Gasteiger partial charge in [-0.25, -0.2) is 4.79 Å². The van der Waals surface area contributed by atoms with Crippen LogP contribution in [0.2, 0.25) is 0 Å². The first-order valence-electron chi connectivity index (χ1n) is 7.28. The molecule has 2 heterocycles. The van der Waals surface area contributed by atoms with Crippen molar-refractivity contribution in [3.8, 4) is 0 Å². The Morgan fingerprint density at radius 2 is 2.00 bits per heavy atom. The minimum absolute atomic E-state index is 0.0868. The van der Waals surface area contributed by atoms with Crippen molar-refractivity contribution in [3.05, 3.63) is 0 Å². The molecule has 7 nitrogen and oxygen atoms in total. The zero-order chi connectivity index (χ0) is 15.6. The zero-order valence-corrected chi connectivity index (χ0v) is 12.8. The Hall–Kier alpha value is -1.63. The summed E-state index contributed by atoms with van der Waals surface area (Å²) in [6, 6.07) is -0.529. The summed E-state index contributed by atoms with van der Waals surface area (Å²) in [5.41, 5.74) is -1.08. The minimum Gasteiger partial charge on any atom is -0.382 e. The minimum atomic E-state index is -1.08. The van der Waals surface area contributed by atoms with Crippen LogP contribution in [-0.2, 0) is 14.3 Å². The fraction of sp³-hybridized carbons (Fsp3) is 0.786. The molecule has 1 atom stereocenters. The number of imide groups is 1. The van der Waals surface area contributed by atoms with Crippen molar-refractivity contribution in [1.29, 1.82) is 0 Å². The molecule has 0 unspecified atom stereocenters. The number of carbonyl (C=O) groups is 3. The zero-order valence-electron chi connectivity index (χ0n) is 12.8. The molecule has 0 bridgehead atoms. The van der Waals surface area contributed by atoms with Crippen molar-refractivity contribution in [2.45, 2.75) is 32.2 Å². The quantitative estimate of drug-likeness (QED) is 0.752. The highest BCUT2D eigenvalue weighted by molar-refractivity contribution is 6.08.